The molecule has 5 heteroatoms. The molecule has 0 saturated carbocycles. The molecule has 0 atom stereocenters. The van der Waals surface area contributed by atoms with Gasteiger partial charge < -0.3 is 0 Å². The molecule has 4 nitrogen and oxygen atoms in total. The summed E-state index contributed by atoms with van der Waals surface area (Å²) >= 11 is 6.16. The van der Waals surface area contributed by atoms with E-state index in [0.29, 0.717) is 10.8 Å². The van der Waals surface area contributed by atoms with Crippen LogP contribution in [0.4, 0.5) is 0 Å². The highest BCUT2D eigenvalue weighted by atomic mass is 35.5. The van der Waals surface area contributed by atoms with E-state index in [1.807, 2.05) is 37.4 Å². The highest BCUT2D eigenvalue weighted by Gasteiger charge is 2.08. The van der Waals surface area contributed by atoms with E-state index in [0.717, 1.165) is 22.5 Å². The normalized spacial score (nSPS) is 10.6. The largest absolute Gasteiger partial charge is 0.291 e. The molecule has 0 bridgehead atoms. The molecule has 0 aliphatic heterocycles. The molecule has 3 aromatic rings. The summed E-state index contributed by atoms with van der Waals surface area (Å²) in [6, 6.07) is 9.71. The van der Waals surface area contributed by atoms with Gasteiger partial charge in [-0.1, -0.05) is 11.6 Å². The van der Waals surface area contributed by atoms with Crippen LogP contribution >= 0.6 is 11.6 Å². The van der Waals surface area contributed by atoms with Gasteiger partial charge in [-0.15, -0.1) is 0 Å². The summed E-state index contributed by atoms with van der Waals surface area (Å²) in [5.41, 5.74) is 3.84. The van der Waals surface area contributed by atoms with Crippen LogP contribution in [0.15, 0.2) is 36.7 Å². The molecule has 0 unspecified atom stereocenters. The van der Waals surface area contributed by atoms with Crippen LogP contribution in [0, 0.1) is 18.3 Å². The van der Waals surface area contributed by atoms with Crippen LogP contribution in [0.25, 0.3) is 16.8 Å². The van der Waals surface area contributed by atoms with Crippen molar-refractivity contribution in [2.45, 2.75) is 6.92 Å². The van der Waals surface area contributed by atoms with E-state index in [-0.39, 0.29) is 0 Å². The lowest BCUT2D eigenvalue weighted by Crippen LogP contribution is -1.91. The lowest BCUT2D eigenvalue weighted by molar-refractivity contribution is 1.15. The highest BCUT2D eigenvalue weighted by molar-refractivity contribution is 6.32. The summed E-state index contributed by atoms with van der Waals surface area (Å²) in [7, 11) is 0. The summed E-state index contributed by atoms with van der Waals surface area (Å²) in [6.45, 7) is 1.89. The fourth-order valence-electron chi connectivity index (χ4n) is 1.96. The third-order valence-electron chi connectivity index (χ3n) is 2.92. The minimum Gasteiger partial charge on any atom is -0.291 e. The second-order valence-corrected chi connectivity index (χ2v) is 4.55. The Hall–Kier alpha value is -2.38. The number of hydrogen-bond donors (Lipinski definition) is 0. The van der Waals surface area contributed by atoms with Gasteiger partial charge in [-0.2, -0.15) is 5.26 Å². The fourth-order valence-corrected chi connectivity index (χ4v) is 2.27. The minimum atomic E-state index is 0.456. The Morgan fingerprint density at radius 2 is 2.11 bits per heavy atom. The van der Waals surface area contributed by atoms with Crippen molar-refractivity contribution in [3.8, 4) is 17.2 Å². The first-order valence-electron chi connectivity index (χ1n) is 5.70. The molecular weight excluding hydrogens is 260 g/mol. The summed E-state index contributed by atoms with van der Waals surface area (Å²) in [5, 5.41) is 9.48. The standard InChI is InChI=1S/C14H9ClN4/c1-9-2-4-12(14(15)18-9)10-3-5-13-17-7-11(6-16)19(13)8-10/h2-5,7-8H,1H3. The van der Waals surface area contributed by atoms with E-state index in [9.17, 15) is 0 Å². The van der Waals surface area contributed by atoms with Crippen molar-refractivity contribution < 1.29 is 0 Å². The number of hydrogen-bond acceptors (Lipinski definition) is 3. The van der Waals surface area contributed by atoms with Crippen molar-refractivity contribution in [1.29, 1.82) is 5.26 Å². The summed E-state index contributed by atoms with van der Waals surface area (Å²) in [4.78, 5) is 8.39. The van der Waals surface area contributed by atoms with Gasteiger partial charge in [-0.25, -0.2) is 9.97 Å². The molecule has 19 heavy (non-hydrogen) atoms. The Bertz CT molecular complexity index is 814. The van der Waals surface area contributed by atoms with Gasteiger partial charge in [0.2, 0.25) is 0 Å². The molecule has 0 aliphatic rings. The van der Waals surface area contributed by atoms with Gasteiger partial charge in [0, 0.05) is 23.0 Å². The Morgan fingerprint density at radius 1 is 1.26 bits per heavy atom. The second kappa shape index (κ2) is 4.38. The van der Waals surface area contributed by atoms with Crippen molar-refractivity contribution in [1.82, 2.24) is 14.4 Å². The maximum atomic E-state index is 9.03. The number of aryl methyl sites for hydroxylation is 1. The maximum absolute atomic E-state index is 9.03. The first-order chi connectivity index (χ1) is 9.19. The molecule has 0 aromatic carbocycles. The van der Waals surface area contributed by atoms with Gasteiger partial charge in [-0.3, -0.25) is 4.40 Å². The molecule has 0 amide bonds. The van der Waals surface area contributed by atoms with Crippen molar-refractivity contribution >= 4 is 17.2 Å². The van der Waals surface area contributed by atoms with E-state index >= 15 is 0 Å². The van der Waals surface area contributed by atoms with Crippen LogP contribution in [-0.2, 0) is 0 Å². The monoisotopic (exact) mass is 268 g/mol. The van der Waals surface area contributed by atoms with Crippen LogP contribution < -0.4 is 0 Å². The van der Waals surface area contributed by atoms with Crippen LogP contribution in [0.1, 0.15) is 11.4 Å². The molecule has 0 spiro atoms. The molecule has 0 radical (unpaired) electrons. The number of halogens is 1. The minimum absolute atomic E-state index is 0.456. The number of nitrogens with zero attached hydrogens (tertiary/aromatic N) is 4. The average Bonchev–Trinajstić information content (AvgIpc) is 2.80. The summed E-state index contributed by atoms with van der Waals surface area (Å²) in [6.07, 6.45) is 3.40. The van der Waals surface area contributed by atoms with Gasteiger partial charge in [0.15, 0.2) is 0 Å². The molecule has 3 aromatic heterocycles. The lowest BCUT2D eigenvalue weighted by Gasteiger charge is -2.05. The molecule has 0 aliphatic carbocycles. The maximum Gasteiger partial charge on any atom is 0.144 e. The Balaban J connectivity index is 2.23. The van der Waals surface area contributed by atoms with E-state index in [1.165, 1.54) is 0 Å². The molecule has 0 saturated heterocycles. The first kappa shape index (κ1) is 11.7. The summed E-state index contributed by atoms with van der Waals surface area (Å²) < 4.78 is 1.74. The van der Waals surface area contributed by atoms with Crippen molar-refractivity contribution in [2.75, 3.05) is 0 Å². The molecular formula is C14H9ClN4. The van der Waals surface area contributed by atoms with Gasteiger partial charge in [0.25, 0.3) is 0 Å². The zero-order valence-corrected chi connectivity index (χ0v) is 10.9. The first-order valence-corrected chi connectivity index (χ1v) is 6.07. The van der Waals surface area contributed by atoms with Crippen LogP contribution in [0.5, 0.6) is 0 Å². The van der Waals surface area contributed by atoms with Crippen molar-refractivity contribution in [2.24, 2.45) is 0 Å². The topological polar surface area (TPSA) is 54.0 Å². The van der Waals surface area contributed by atoms with Gasteiger partial charge in [-0.05, 0) is 31.2 Å². The third-order valence-corrected chi connectivity index (χ3v) is 3.21. The Morgan fingerprint density at radius 3 is 2.84 bits per heavy atom. The van der Waals surface area contributed by atoms with Crippen LogP contribution in [-0.4, -0.2) is 14.4 Å². The number of fused-ring (bicyclic) bond motifs is 1. The SMILES string of the molecule is Cc1ccc(-c2ccc3ncc(C#N)n3c2)c(Cl)n1. The molecule has 92 valence electrons. The fraction of sp³-hybridized carbons (Fsp3) is 0.0714. The smallest absolute Gasteiger partial charge is 0.144 e. The average molecular weight is 269 g/mol. The zero-order valence-electron chi connectivity index (χ0n) is 10.1. The third kappa shape index (κ3) is 1.94. The molecule has 0 fully saturated rings. The Kier molecular flexibility index (Phi) is 2.69. The van der Waals surface area contributed by atoms with Gasteiger partial charge >= 0.3 is 0 Å². The lowest BCUT2D eigenvalue weighted by atomic mass is 10.1. The predicted octanol–water partition coefficient (Wildman–Crippen LogP) is 3.23. The van der Waals surface area contributed by atoms with Crippen LogP contribution in [0.3, 0.4) is 0 Å². The van der Waals surface area contributed by atoms with E-state index < -0.39 is 0 Å². The van der Waals surface area contributed by atoms with Gasteiger partial charge in [0.1, 0.15) is 22.6 Å². The molecule has 3 rings (SSSR count). The van der Waals surface area contributed by atoms with Crippen molar-refractivity contribution in [3.05, 3.63) is 53.2 Å². The van der Waals surface area contributed by atoms with Gasteiger partial charge in [0.05, 0.1) is 6.20 Å². The zero-order chi connectivity index (χ0) is 13.4. The van der Waals surface area contributed by atoms with Crippen molar-refractivity contribution in [3.63, 3.8) is 0 Å². The van der Waals surface area contributed by atoms with E-state index in [2.05, 4.69) is 16.0 Å². The predicted molar refractivity (Wildman–Crippen MR) is 72.9 cm³/mol. The molecule has 3 heterocycles. The van der Waals surface area contributed by atoms with E-state index in [1.54, 1.807) is 10.6 Å². The number of pyridine rings is 2. The second-order valence-electron chi connectivity index (χ2n) is 4.19. The number of aromatic nitrogens is 3. The molecule has 0 N–H and O–H groups in total. The number of nitriles is 1. The quantitative estimate of drug-likeness (QED) is 0.637. The number of rotatable bonds is 1. The summed E-state index contributed by atoms with van der Waals surface area (Å²) in [5.74, 6) is 0. The number of imidazole rings is 1. The Labute approximate surface area is 114 Å². The highest BCUT2D eigenvalue weighted by Crippen LogP contribution is 2.27. The van der Waals surface area contributed by atoms with Crippen LogP contribution in [0.2, 0.25) is 5.15 Å². The van der Waals surface area contributed by atoms with E-state index in [4.69, 9.17) is 16.9 Å².